The summed E-state index contributed by atoms with van der Waals surface area (Å²) in [6.07, 6.45) is 4.14. The summed E-state index contributed by atoms with van der Waals surface area (Å²) in [5.74, 6) is 0.816. The van der Waals surface area contributed by atoms with E-state index in [0.717, 1.165) is 12.8 Å². The van der Waals surface area contributed by atoms with Gasteiger partial charge in [-0.2, -0.15) is 0 Å². The second-order valence-electron chi connectivity index (χ2n) is 5.13. The molecule has 2 unspecified atom stereocenters. The van der Waals surface area contributed by atoms with Crippen LogP contribution in [-0.4, -0.2) is 17.6 Å². The second kappa shape index (κ2) is 6.59. The molecule has 0 spiro atoms. The molecule has 0 saturated heterocycles. The Balaban J connectivity index is 2.38. The van der Waals surface area contributed by atoms with Gasteiger partial charge in [0.2, 0.25) is 5.91 Å². The number of hydrogen-bond acceptors (Lipinski definition) is 3. The molecule has 18 heavy (non-hydrogen) atoms. The van der Waals surface area contributed by atoms with Crippen LogP contribution in [0.15, 0.2) is 22.8 Å². The number of nitrogens with one attached hydrogen (secondary N) is 1. The van der Waals surface area contributed by atoms with Crippen LogP contribution in [-0.2, 0) is 10.4 Å². The van der Waals surface area contributed by atoms with Crippen LogP contribution in [0.4, 0.5) is 0 Å². The van der Waals surface area contributed by atoms with E-state index >= 15 is 0 Å². The molecule has 0 bridgehead atoms. The van der Waals surface area contributed by atoms with E-state index in [0.29, 0.717) is 18.1 Å². The van der Waals surface area contributed by atoms with Crippen LogP contribution in [0.5, 0.6) is 0 Å². The zero-order valence-electron chi connectivity index (χ0n) is 11.4. The Hall–Kier alpha value is -1.29. The lowest BCUT2D eigenvalue weighted by atomic mass is 10.0. The fourth-order valence-corrected chi connectivity index (χ4v) is 1.93. The van der Waals surface area contributed by atoms with Crippen LogP contribution in [0, 0.1) is 5.92 Å². The van der Waals surface area contributed by atoms with E-state index in [4.69, 9.17) is 4.42 Å². The number of amides is 1. The SMILES string of the molecule is CCCC(C)CC(=O)NCC(C)(O)c1ccco1. The van der Waals surface area contributed by atoms with E-state index in [1.807, 2.05) is 0 Å². The summed E-state index contributed by atoms with van der Waals surface area (Å²) in [7, 11) is 0. The summed E-state index contributed by atoms with van der Waals surface area (Å²) in [5, 5.41) is 12.9. The molecule has 0 radical (unpaired) electrons. The molecule has 2 N–H and O–H groups in total. The Kier molecular flexibility index (Phi) is 5.41. The Morgan fingerprint density at radius 3 is 2.89 bits per heavy atom. The average molecular weight is 253 g/mol. The number of aliphatic hydroxyl groups is 1. The lowest BCUT2D eigenvalue weighted by Gasteiger charge is -2.21. The van der Waals surface area contributed by atoms with Gasteiger partial charge in [-0.15, -0.1) is 0 Å². The molecule has 1 heterocycles. The highest BCUT2D eigenvalue weighted by molar-refractivity contribution is 5.76. The largest absolute Gasteiger partial charge is 0.466 e. The van der Waals surface area contributed by atoms with Crippen molar-refractivity contribution in [2.45, 2.75) is 45.6 Å². The van der Waals surface area contributed by atoms with Crippen molar-refractivity contribution in [2.24, 2.45) is 5.92 Å². The maximum Gasteiger partial charge on any atom is 0.220 e. The van der Waals surface area contributed by atoms with E-state index in [2.05, 4.69) is 19.2 Å². The molecule has 0 fully saturated rings. The standard InChI is InChI=1S/C14H23NO3/c1-4-6-11(2)9-13(16)15-10-14(3,17)12-7-5-8-18-12/h5,7-8,11,17H,4,6,9-10H2,1-3H3,(H,15,16). The van der Waals surface area contributed by atoms with Gasteiger partial charge in [0.05, 0.1) is 12.8 Å². The van der Waals surface area contributed by atoms with Crippen LogP contribution in [0.3, 0.4) is 0 Å². The van der Waals surface area contributed by atoms with Crippen molar-refractivity contribution >= 4 is 5.91 Å². The highest BCUT2D eigenvalue weighted by atomic mass is 16.4. The first kappa shape index (κ1) is 14.8. The van der Waals surface area contributed by atoms with Crippen LogP contribution in [0.1, 0.15) is 45.8 Å². The smallest absolute Gasteiger partial charge is 0.220 e. The van der Waals surface area contributed by atoms with Crippen LogP contribution >= 0.6 is 0 Å². The maximum atomic E-state index is 11.7. The van der Waals surface area contributed by atoms with Gasteiger partial charge in [-0.05, 0) is 25.0 Å². The van der Waals surface area contributed by atoms with Crippen molar-refractivity contribution in [1.82, 2.24) is 5.32 Å². The third-order valence-electron chi connectivity index (χ3n) is 3.00. The first-order valence-corrected chi connectivity index (χ1v) is 6.48. The predicted octanol–water partition coefficient (Wildman–Crippen LogP) is 2.43. The molecule has 0 aromatic carbocycles. The quantitative estimate of drug-likeness (QED) is 0.784. The van der Waals surface area contributed by atoms with Gasteiger partial charge < -0.3 is 14.8 Å². The lowest BCUT2D eigenvalue weighted by molar-refractivity contribution is -0.123. The van der Waals surface area contributed by atoms with Crippen molar-refractivity contribution in [2.75, 3.05) is 6.54 Å². The third kappa shape index (κ3) is 4.53. The van der Waals surface area contributed by atoms with Gasteiger partial charge in [0, 0.05) is 6.42 Å². The van der Waals surface area contributed by atoms with Gasteiger partial charge in [0.1, 0.15) is 11.4 Å². The number of furan rings is 1. The van der Waals surface area contributed by atoms with E-state index in [1.54, 1.807) is 19.1 Å². The molecule has 0 saturated carbocycles. The van der Waals surface area contributed by atoms with Crippen LogP contribution < -0.4 is 5.32 Å². The summed E-state index contributed by atoms with van der Waals surface area (Å²) in [6, 6.07) is 3.42. The van der Waals surface area contributed by atoms with E-state index < -0.39 is 5.60 Å². The van der Waals surface area contributed by atoms with Crippen molar-refractivity contribution in [1.29, 1.82) is 0 Å². The monoisotopic (exact) mass is 253 g/mol. The molecule has 0 aliphatic carbocycles. The second-order valence-corrected chi connectivity index (χ2v) is 5.13. The molecular weight excluding hydrogens is 230 g/mol. The maximum absolute atomic E-state index is 11.7. The van der Waals surface area contributed by atoms with Gasteiger partial charge in [-0.25, -0.2) is 0 Å². The fourth-order valence-electron chi connectivity index (χ4n) is 1.93. The molecule has 4 nitrogen and oxygen atoms in total. The number of hydrogen-bond donors (Lipinski definition) is 2. The Bertz CT molecular complexity index is 357. The molecule has 1 aromatic rings. The summed E-state index contributed by atoms with van der Waals surface area (Å²) < 4.78 is 5.15. The molecule has 4 heteroatoms. The van der Waals surface area contributed by atoms with Gasteiger partial charge in [-0.1, -0.05) is 26.7 Å². The molecule has 1 amide bonds. The summed E-state index contributed by atoms with van der Waals surface area (Å²) >= 11 is 0. The lowest BCUT2D eigenvalue weighted by Crippen LogP contribution is -2.38. The van der Waals surface area contributed by atoms with Crippen LogP contribution in [0.2, 0.25) is 0 Å². The molecule has 2 atom stereocenters. The first-order chi connectivity index (χ1) is 8.45. The minimum absolute atomic E-state index is 0.0252. The van der Waals surface area contributed by atoms with E-state index in [1.165, 1.54) is 6.26 Å². The van der Waals surface area contributed by atoms with Gasteiger partial charge in [-0.3, -0.25) is 4.79 Å². The molecule has 1 aromatic heterocycles. The Morgan fingerprint density at radius 1 is 1.61 bits per heavy atom. The average Bonchev–Trinajstić information content (AvgIpc) is 2.81. The van der Waals surface area contributed by atoms with E-state index in [9.17, 15) is 9.90 Å². The highest BCUT2D eigenvalue weighted by Crippen LogP contribution is 2.20. The summed E-state index contributed by atoms with van der Waals surface area (Å²) in [6.45, 7) is 5.96. The summed E-state index contributed by atoms with van der Waals surface area (Å²) in [4.78, 5) is 11.7. The molecule has 0 aliphatic rings. The minimum atomic E-state index is -1.16. The molecule has 1 rings (SSSR count). The minimum Gasteiger partial charge on any atom is -0.466 e. The van der Waals surface area contributed by atoms with Crippen molar-refractivity contribution in [3.8, 4) is 0 Å². The van der Waals surface area contributed by atoms with Crippen molar-refractivity contribution in [3.63, 3.8) is 0 Å². The van der Waals surface area contributed by atoms with Gasteiger partial charge in [0.25, 0.3) is 0 Å². The molecular formula is C14H23NO3. The normalized spacial score (nSPS) is 16.0. The third-order valence-corrected chi connectivity index (χ3v) is 3.00. The Labute approximate surface area is 108 Å². The first-order valence-electron chi connectivity index (χ1n) is 6.48. The Morgan fingerprint density at radius 2 is 2.33 bits per heavy atom. The molecule has 0 aliphatic heterocycles. The van der Waals surface area contributed by atoms with Crippen LogP contribution in [0.25, 0.3) is 0 Å². The number of carbonyl (C=O) groups excluding carboxylic acids is 1. The number of carbonyl (C=O) groups is 1. The van der Waals surface area contributed by atoms with Gasteiger partial charge >= 0.3 is 0 Å². The fraction of sp³-hybridized carbons (Fsp3) is 0.643. The summed E-state index contributed by atoms with van der Waals surface area (Å²) in [5.41, 5.74) is -1.16. The zero-order chi connectivity index (χ0) is 13.6. The number of rotatable bonds is 7. The predicted molar refractivity (Wildman–Crippen MR) is 70.0 cm³/mol. The van der Waals surface area contributed by atoms with Gasteiger partial charge in [0.15, 0.2) is 0 Å². The van der Waals surface area contributed by atoms with Crippen molar-refractivity contribution < 1.29 is 14.3 Å². The zero-order valence-corrected chi connectivity index (χ0v) is 11.4. The highest BCUT2D eigenvalue weighted by Gasteiger charge is 2.26. The van der Waals surface area contributed by atoms with Crippen molar-refractivity contribution in [3.05, 3.63) is 24.2 Å². The topological polar surface area (TPSA) is 62.5 Å². The molecule has 102 valence electrons. The van der Waals surface area contributed by atoms with E-state index in [-0.39, 0.29) is 12.5 Å².